The van der Waals surface area contributed by atoms with Crippen LogP contribution < -0.4 is 16.0 Å². The maximum atomic E-state index is 6.03. The molecule has 0 unspecified atom stereocenters. The Kier molecular flexibility index (Phi) is 4.43. The van der Waals surface area contributed by atoms with Gasteiger partial charge in [0.15, 0.2) is 0 Å². The number of nitrogens with two attached hydrogens (primary N) is 1. The maximum Gasteiger partial charge on any atom is 0.0890 e. The maximum absolute atomic E-state index is 6.03. The average Bonchev–Trinajstić information content (AvgIpc) is 2.67. The summed E-state index contributed by atoms with van der Waals surface area (Å²) >= 11 is 0. The second-order valence-electron chi connectivity index (χ2n) is 6.45. The number of fused-ring (bicyclic) bond motifs is 1. The number of anilines is 2. The van der Waals surface area contributed by atoms with Crippen LogP contribution in [0.5, 0.6) is 0 Å². The van der Waals surface area contributed by atoms with E-state index in [2.05, 4.69) is 43.4 Å². The smallest absolute Gasteiger partial charge is 0.0890 e. The van der Waals surface area contributed by atoms with E-state index in [0.717, 1.165) is 49.2 Å². The van der Waals surface area contributed by atoms with E-state index in [-0.39, 0.29) is 0 Å². The fraction of sp³-hybridized carbons (Fsp3) is 0.316. The molecule has 25 heavy (non-hydrogen) atoms. The molecule has 0 spiro atoms. The van der Waals surface area contributed by atoms with Crippen LogP contribution in [-0.4, -0.2) is 34.1 Å². The number of hydrogen-bond donors (Lipinski definition) is 2. The molecule has 0 radical (unpaired) electrons. The number of benzene rings is 1. The van der Waals surface area contributed by atoms with Gasteiger partial charge in [0.05, 0.1) is 28.6 Å². The van der Waals surface area contributed by atoms with Gasteiger partial charge in [0, 0.05) is 44.3 Å². The van der Waals surface area contributed by atoms with Crippen molar-refractivity contribution in [2.75, 3.05) is 23.3 Å². The monoisotopic (exact) mass is 334 g/mol. The van der Waals surface area contributed by atoms with Crippen molar-refractivity contribution in [1.29, 1.82) is 0 Å². The molecular weight excluding hydrogens is 312 g/mol. The highest BCUT2D eigenvalue weighted by Crippen LogP contribution is 2.27. The van der Waals surface area contributed by atoms with E-state index in [9.17, 15) is 0 Å². The molecule has 0 bridgehead atoms. The zero-order valence-electron chi connectivity index (χ0n) is 14.1. The molecule has 1 fully saturated rings. The van der Waals surface area contributed by atoms with Crippen molar-refractivity contribution < 1.29 is 0 Å². The summed E-state index contributed by atoms with van der Waals surface area (Å²) < 4.78 is 0. The van der Waals surface area contributed by atoms with Crippen molar-refractivity contribution in [2.45, 2.75) is 25.4 Å². The van der Waals surface area contributed by atoms with Crippen LogP contribution in [0.3, 0.4) is 0 Å². The Bertz CT molecular complexity index is 857. The first kappa shape index (κ1) is 15.8. The quantitative estimate of drug-likeness (QED) is 0.763. The summed E-state index contributed by atoms with van der Waals surface area (Å²) in [6, 6.07) is 8.57. The Morgan fingerprint density at radius 2 is 1.84 bits per heavy atom. The highest BCUT2D eigenvalue weighted by Gasteiger charge is 2.18. The second kappa shape index (κ2) is 7.03. The lowest BCUT2D eigenvalue weighted by Gasteiger charge is -2.33. The summed E-state index contributed by atoms with van der Waals surface area (Å²) in [5, 5.41) is 3.52. The predicted octanol–water partition coefficient (Wildman–Crippen LogP) is 2.56. The van der Waals surface area contributed by atoms with Crippen LogP contribution in [0, 0.1) is 0 Å². The van der Waals surface area contributed by atoms with E-state index < -0.39 is 0 Å². The van der Waals surface area contributed by atoms with Crippen molar-refractivity contribution in [3.63, 3.8) is 0 Å². The molecule has 1 aromatic carbocycles. The summed E-state index contributed by atoms with van der Waals surface area (Å²) in [6.45, 7) is 2.70. The summed E-state index contributed by atoms with van der Waals surface area (Å²) in [4.78, 5) is 15.4. The molecule has 4 rings (SSSR count). The Labute approximate surface area is 147 Å². The Morgan fingerprint density at radius 1 is 1.04 bits per heavy atom. The molecule has 3 aromatic rings. The van der Waals surface area contributed by atoms with Crippen molar-refractivity contribution in [3.05, 3.63) is 54.6 Å². The van der Waals surface area contributed by atoms with Crippen LogP contribution in [-0.2, 0) is 6.54 Å². The van der Waals surface area contributed by atoms with E-state index in [1.165, 1.54) is 11.3 Å². The lowest BCUT2D eigenvalue weighted by molar-refractivity contribution is 0.501. The van der Waals surface area contributed by atoms with Gasteiger partial charge in [-0.25, -0.2) is 0 Å². The van der Waals surface area contributed by atoms with E-state index in [1.54, 1.807) is 12.4 Å². The standard InChI is InChI=1S/C19H22N6/c20-15-4-9-25(10-5-15)19-3-6-21-13-18(19)24-12-14-1-2-16-17(11-14)23-8-7-22-16/h1-3,6-8,11,13,15,24H,4-5,9-10,12,20H2. The number of rotatable bonds is 4. The molecule has 3 N–H and O–H groups in total. The first-order valence-electron chi connectivity index (χ1n) is 8.68. The average molecular weight is 334 g/mol. The minimum Gasteiger partial charge on any atom is -0.378 e. The summed E-state index contributed by atoms with van der Waals surface area (Å²) in [6.07, 6.45) is 9.24. The third-order valence-electron chi connectivity index (χ3n) is 4.70. The number of pyridine rings is 1. The van der Waals surface area contributed by atoms with Crippen LogP contribution in [0.4, 0.5) is 11.4 Å². The highest BCUT2D eigenvalue weighted by atomic mass is 15.2. The van der Waals surface area contributed by atoms with Crippen molar-refractivity contribution in [3.8, 4) is 0 Å². The molecule has 6 nitrogen and oxygen atoms in total. The summed E-state index contributed by atoms with van der Waals surface area (Å²) in [5.74, 6) is 0. The molecule has 0 saturated carbocycles. The molecule has 1 aliphatic heterocycles. The zero-order valence-corrected chi connectivity index (χ0v) is 14.1. The summed E-state index contributed by atoms with van der Waals surface area (Å²) in [5.41, 5.74) is 11.3. The predicted molar refractivity (Wildman–Crippen MR) is 101 cm³/mol. The number of aromatic nitrogens is 3. The van der Waals surface area contributed by atoms with Crippen molar-refractivity contribution >= 4 is 22.4 Å². The van der Waals surface area contributed by atoms with Gasteiger partial charge in [-0.3, -0.25) is 15.0 Å². The summed E-state index contributed by atoms with van der Waals surface area (Å²) in [7, 11) is 0. The lowest BCUT2D eigenvalue weighted by Crippen LogP contribution is -2.39. The Balaban J connectivity index is 1.50. The largest absolute Gasteiger partial charge is 0.378 e. The first-order valence-corrected chi connectivity index (χ1v) is 8.68. The minimum atomic E-state index is 0.327. The van der Waals surface area contributed by atoms with Crippen LogP contribution >= 0.6 is 0 Å². The molecule has 2 aromatic heterocycles. The van der Waals surface area contributed by atoms with E-state index >= 15 is 0 Å². The van der Waals surface area contributed by atoms with Gasteiger partial charge in [0.2, 0.25) is 0 Å². The number of piperidine rings is 1. The van der Waals surface area contributed by atoms with Gasteiger partial charge in [0.1, 0.15) is 0 Å². The molecule has 3 heterocycles. The van der Waals surface area contributed by atoms with E-state index in [0.29, 0.717) is 6.04 Å². The van der Waals surface area contributed by atoms with E-state index in [1.807, 2.05) is 18.5 Å². The van der Waals surface area contributed by atoms with Gasteiger partial charge in [-0.2, -0.15) is 0 Å². The van der Waals surface area contributed by atoms with Crippen LogP contribution in [0.1, 0.15) is 18.4 Å². The Hall–Kier alpha value is -2.73. The Morgan fingerprint density at radius 3 is 2.68 bits per heavy atom. The van der Waals surface area contributed by atoms with Gasteiger partial charge in [-0.15, -0.1) is 0 Å². The molecule has 0 atom stereocenters. The molecule has 128 valence electrons. The van der Waals surface area contributed by atoms with Crippen molar-refractivity contribution in [1.82, 2.24) is 15.0 Å². The van der Waals surface area contributed by atoms with Gasteiger partial charge in [0.25, 0.3) is 0 Å². The first-order chi connectivity index (χ1) is 12.3. The van der Waals surface area contributed by atoms with Crippen LogP contribution in [0.25, 0.3) is 11.0 Å². The van der Waals surface area contributed by atoms with Crippen LogP contribution in [0.15, 0.2) is 49.1 Å². The van der Waals surface area contributed by atoms with Gasteiger partial charge in [-0.1, -0.05) is 6.07 Å². The molecule has 0 aliphatic carbocycles. The molecule has 6 heteroatoms. The fourth-order valence-electron chi connectivity index (χ4n) is 3.26. The van der Waals surface area contributed by atoms with Gasteiger partial charge in [-0.05, 0) is 36.6 Å². The molecule has 1 aliphatic rings. The van der Waals surface area contributed by atoms with E-state index in [4.69, 9.17) is 5.73 Å². The lowest BCUT2D eigenvalue weighted by atomic mass is 10.1. The minimum absolute atomic E-state index is 0.327. The number of nitrogens with one attached hydrogen (secondary N) is 1. The van der Waals surface area contributed by atoms with Gasteiger partial charge >= 0.3 is 0 Å². The molecule has 0 amide bonds. The number of hydrogen-bond acceptors (Lipinski definition) is 6. The third kappa shape index (κ3) is 3.53. The second-order valence-corrected chi connectivity index (χ2v) is 6.45. The molecule has 1 saturated heterocycles. The fourth-order valence-corrected chi connectivity index (χ4v) is 3.26. The van der Waals surface area contributed by atoms with Gasteiger partial charge < -0.3 is 16.0 Å². The zero-order chi connectivity index (χ0) is 17.1. The molecular formula is C19H22N6. The highest BCUT2D eigenvalue weighted by molar-refractivity contribution is 5.75. The SMILES string of the molecule is NC1CCN(c2ccncc2NCc2ccc3nccnc3c2)CC1. The normalized spacial score (nSPS) is 15.5. The van der Waals surface area contributed by atoms with Crippen LogP contribution in [0.2, 0.25) is 0 Å². The van der Waals surface area contributed by atoms with Crippen molar-refractivity contribution in [2.24, 2.45) is 5.73 Å². The topological polar surface area (TPSA) is 80.0 Å². The number of nitrogens with zero attached hydrogens (tertiary/aromatic N) is 4. The third-order valence-corrected chi connectivity index (χ3v) is 4.70.